The molecule has 0 fully saturated rings. The molecule has 0 N–H and O–H groups in total. The first-order chi connectivity index (χ1) is 27.0. The van der Waals surface area contributed by atoms with Crippen molar-refractivity contribution in [2.75, 3.05) is 4.90 Å². The molecule has 1 aromatic heterocycles. The van der Waals surface area contributed by atoms with Gasteiger partial charge in [-0.05, 0) is 95.1 Å². The summed E-state index contributed by atoms with van der Waals surface area (Å²) in [6, 6.07) is 35.2. The van der Waals surface area contributed by atoms with Crippen LogP contribution in [0.3, 0.4) is 0 Å². The predicted molar refractivity (Wildman–Crippen MR) is 233 cm³/mol. The maximum Gasteiger partial charge on any atom is 0.135 e. The molecule has 5 aromatic rings. The molecule has 9 rings (SSSR count). The van der Waals surface area contributed by atoms with E-state index in [4.69, 9.17) is 4.42 Å². The molecule has 4 aliphatic carbocycles. The van der Waals surface area contributed by atoms with Crippen LogP contribution in [0.15, 0.2) is 197 Å². The SMILES string of the molecule is C/C=C\c1c(CN(c2ccccc2)c2ccc(-c3ccc4c(c3)C(C)(C)C3=C\C4=C(C4=CC5C=CC=CC5C=C4)/C=C\C=C\CC3)cc2)oc2ccccc12. The molecule has 2 nitrogen and oxygen atoms in total. The third-order valence-electron chi connectivity index (χ3n) is 11.8. The zero-order chi connectivity index (χ0) is 37.4. The first kappa shape index (κ1) is 34.6. The molecule has 0 saturated heterocycles. The molecular weight excluding hydrogens is 667 g/mol. The molecule has 0 aliphatic heterocycles. The lowest BCUT2D eigenvalue weighted by Gasteiger charge is -2.37. The topological polar surface area (TPSA) is 16.4 Å². The molecule has 4 aliphatic rings. The van der Waals surface area contributed by atoms with Gasteiger partial charge in [0.25, 0.3) is 0 Å². The Hall–Kier alpha value is -6.12. The van der Waals surface area contributed by atoms with Crippen molar-refractivity contribution in [3.63, 3.8) is 0 Å². The Morgan fingerprint density at radius 3 is 2.35 bits per heavy atom. The number of anilines is 2. The van der Waals surface area contributed by atoms with Crippen LogP contribution in [0, 0.1) is 11.8 Å². The summed E-state index contributed by atoms with van der Waals surface area (Å²) in [6.07, 6.45) is 34.1. The van der Waals surface area contributed by atoms with E-state index in [9.17, 15) is 0 Å². The molecule has 55 heavy (non-hydrogen) atoms. The van der Waals surface area contributed by atoms with Crippen LogP contribution >= 0.6 is 0 Å². The summed E-state index contributed by atoms with van der Waals surface area (Å²) in [5, 5.41) is 1.14. The fourth-order valence-electron chi connectivity index (χ4n) is 8.75. The zero-order valence-corrected chi connectivity index (χ0v) is 32.0. The molecule has 0 radical (unpaired) electrons. The van der Waals surface area contributed by atoms with Crippen LogP contribution in [-0.4, -0.2) is 0 Å². The van der Waals surface area contributed by atoms with Gasteiger partial charge in [-0.1, -0.05) is 165 Å². The molecular formula is C53H47NO. The van der Waals surface area contributed by atoms with Crippen molar-refractivity contribution in [2.45, 2.75) is 45.6 Å². The van der Waals surface area contributed by atoms with Gasteiger partial charge in [-0.2, -0.15) is 0 Å². The molecule has 4 aromatic carbocycles. The second kappa shape index (κ2) is 14.6. The van der Waals surface area contributed by atoms with Crippen molar-refractivity contribution >= 4 is 34.0 Å². The zero-order valence-electron chi connectivity index (χ0n) is 32.0. The highest BCUT2D eigenvalue weighted by Gasteiger charge is 2.34. The number of furan rings is 1. The summed E-state index contributed by atoms with van der Waals surface area (Å²) >= 11 is 0. The van der Waals surface area contributed by atoms with Crippen LogP contribution in [0.1, 0.15) is 56.1 Å². The number of para-hydroxylation sites is 2. The first-order valence-electron chi connectivity index (χ1n) is 19.7. The highest BCUT2D eigenvalue weighted by molar-refractivity contribution is 5.90. The van der Waals surface area contributed by atoms with E-state index >= 15 is 0 Å². The van der Waals surface area contributed by atoms with Gasteiger partial charge in [0.05, 0.1) is 6.54 Å². The summed E-state index contributed by atoms with van der Waals surface area (Å²) in [5.74, 6) is 1.77. The molecule has 2 bridgehead atoms. The van der Waals surface area contributed by atoms with Crippen molar-refractivity contribution in [3.05, 3.63) is 215 Å². The molecule has 2 unspecified atom stereocenters. The predicted octanol–water partition coefficient (Wildman–Crippen LogP) is 14.2. The lowest BCUT2D eigenvalue weighted by atomic mass is 9.67. The maximum absolute atomic E-state index is 6.50. The molecule has 0 spiro atoms. The smallest absolute Gasteiger partial charge is 0.135 e. The first-order valence-corrected chi connectivity index (χ1v) is 19.7. The Morgan fingerprint density at radius 1 is 0.745 bits per heavy atom. The van der Waals surface area contributed by atoms with Crippen molar-refractivity contribution in [1.82, 2.24) is 0 Å². The average molecular weight is 714 g/mol. The van der Waals surface area contributed by atoms with Gasteiger partial charge in [0, 0.05) is 39.6 Å². The standard InChI is InChI=1S/C53H47NO/c1-4-16-47-48-23-14-15-24-51(48)55-52(47)36-54(43-20-9-7-10-21-43)44-30-27-38(28-31-44)40-29-32-46-49-35-42(53(2,3)50(46)34-40)19-8-5-6-11-22-45(49)41-26-25-37-17-12-13-18-39(37)33-41/h4-7,9-18,20-35,37,39H,8,19,36H2,1-3H3/b6-5+,16-4-,22-11-,49-45-. The van der Waals surface area contributed by atoms with E-state index in [1.165, 1.54) is 44.5 Å². The van der Waals surface area contributed by atoms with E-state index in [1.807, 2.05) is 6.07 Å². The minimum absolute atomic E-state index is 0.100. The lowest BCUT2D eigenvalue weighted by Crippen LogP contribution is -2.26. The molecule has 1 heterocycles. The summed E-state index contributed by atoms with van der Waals surface area (Å²) < 4.78 is 6.50. The fourth-order valence-corrected chi connectivity index (χ4v) is 8.75. The molecule has 0 saturated carbocycles. The van der Waals surface area contributed by atoms with Crippen LogP contribution < -0.4 is 4.90 Å². The molecule has 270 valence electrons. The number of benzene rings is 4. The minimum atomic E-state index is -0.100. The lowest BCUT2D eigenvalue weighted by molar-refractivity contribution is 0.548. The molecule has 0 amide bonds. The van der Waals surface area contributed by atoms with Crippen LogP contribution in [-0.2, 0) is 12.0 Å². The Labute approximate surface area is 325 Å². The molecule has 2 atom stereocenters. The van der Waals surface area contributed by atoms with E-state index in [0.717, 1.165) is 46.5 Å². The Morgan fingerprint density at radius 2 is 1.51 bits per heavy atom. The van der Waals surface area contributed by atoms with Gasteiger partial charge in [-0.25, -0.2) is 0 Å². The maximum atomic E-state index is 6.50. The highest BCUT2D eigenvalue weighted by atomic mass is 16.3. The normalized spacial score (nSPS) is 22.2. The average Bonchev–Trinajstić information content (AvgIpc) is 3.57. The van der Waals surface area contributed by atoms with Gasteiger partial charge in [-0.3, -0.25) is 0 Å². The number of fused-ring (bicyclic) bond motifs is 5. The number of hydrogen-bond acceptors (Lipinski definition) is 2. The quantitative estimate of drug-likeness (QED) is 0.167. The summed E-state index contributed by atoms with van der Waals surface area (Å²) in [7, 11) is 0. The second-order valence-electron chi connectivity index (χ2n) is 15.5. The van der Waals surface area contributed by atoms with E-state index in [-0.39, 0.29) is 5.41 Å². The second-order valence-corrected chi connectivity index (χ2v) is 15.5. The fraction of sp³-hybridized carbons (Fsp3) is 0.170. The van der Waals surface area contributed by atoms with E-state index in [0.29, 0.717) is 18.4 Å². The van der Waals surface area contributed by atoms with Gasteiger partial charge < -0.3 is 9.32 Å². The third-order valence-corrected chi connectivity index (χ3v) is 11.8. The van der Waals surface area contributed by atoms with Crippen molar-refractivity contribution in [1.29, 1.82) is 0 Å². The van der Waals surface area contributed by atoms with Crippen LogP contribution in [0.5, 0.6) is 0 Å². The highest BCUT2D eigenvalue weighted by Crippen LogP contribution is 2.48. The van der Waals surface area contributed by atoms with Crippen LogP contribution in [0.25, 0.3) is 33.7 Å². The van der Waals surface area contributed by atoms with Gasteiger partial charge in [0.1, 0.15) is 11.3 Å². The van der Waals surface area contributed by atoms with Crippen LogP contribution in [0.4, 0.5) is 11.4 Å². The van der Waals surface area contributed by atoms with Crippen molar-refractivity contribution < 1.29 is 4.42 Å². The van der Waals surface area contributed by atoms with Crippen molar-refractivity contribution in [2.24, 2.45) is 11.8 Å². The Bertz CT molecular complexity index is 2540. The van der Waals surface area contributed by atoms with Crippen LogP contribution in [0.2, 0.25) is 0 Å². The number of allylic oxidation sites excluding steroid dienone is 17. The van der Waals surface area contributed by atoms with E-state index in [1.54, 1.807) is 0 Å². The largest absolute Gasteiger partial charge is 0.459 e. The van der Waals surface area contributed by atoms with E-state index in [2.05, 4.69) is 202 Å². The number of hydrogen-bond donors (Lipinski definition) is 0. The van der Waals surface area contributed by atoms with Gasteiger partial charge in [-0.15, -0.1) is 0 Å². The summed E-state index contributed by atoms with van der Waals surface area (Å²) in [6.45, 7) is 7.49. The third kappa shape index (κ3) is 6.57. The van der Waals surface area contributed by atoms with Gasteiger partial charge in [0.15, 0.2) is 0 Å². The monoisotopic (exact) mass is 713 g/mol. The summed E-state index contributed by atoms with van der Waals surface area (Å²) in [5.41, 5.74) is 14.8. The summed E-state index contributed by atoms with van der Waals surface area (Å²) in [4.78, 5) is 2.35. The van der Waals surface area contributed by atoms with E-state index < -0.39 is 0 Å². The molecule has 2 heteroatoms. The van der Waals surface area contributed by atoms with Gasteiger partial charge in [0.2, 0.25) is 0 Å². The van der Waals surface area contributed by atoms with Gasteiger partial charge >= 0.3 is 0 Å². The van der Waals surface area contributed by atoms with Crippen molar-refractivity contribution in [3.8, 4) is 11.1 Å². The Balaban J connectivity index is 1.10. The minimum Gasteiger partial charge on any atom is -0.459 e. The number of nitrogens with zero attached hydrogens (tertiary/aromatic N) is 1. The Kier molecular flexibility index (Phi) is 9.20. The number of rotatable bonds is 7.